The minimum absolute atomic E-state index is 0.0232. The van der Waals surface area contributed by atoms with E-state index >= 15 is 0 Å². The Balaban J connectivity index is 0.000000956. The molecule has 0 spiro atoms. The van der Waals surface area contributed by atoms with E-state index in [9.17, 15) is 36.0 Å². The number of benzene rings is 1. The number of hydrogen-bond donors (Lipinski definition) is 6. The van der Waals surface area contributed by atoms with Gasteiger partial charge in [-0.25, -0.2) is 14.4 Å². The molecule has 1 aromatic heterocycles. The monoisotopic (exact) mass is 581 g/mol. The molecule has 1 unspecified atom stereocenters. The number of carbonyl (C=O) groups excluding carboxylic acids is 2. The van der Waals surface area contributed by atoms with Gasteiger partial charge in [0.05, 0.1) is 0 Å². The average Bonchev–Trinajstić information content (AvgIpc) is 3.26. The molecule has 214 valence electrons. The molecule has 0 fully saturated rings. The van der Waals surface area contributed by atoms with Gasteiger partial charge in [0, 0.05) is 17.9 Å². The summed E-state index contributed by atoms with van der Waals surface area (Å²) in [5, 5.41) is 25.5. The zero-order chi connectivity index (χ0) is 30.1. The molecule has 2 aromatic rings. The van der Waals surface area contributed by atoms with E-state index in [0.29, 0.717) is 5.56 Å². The summed E-state index contributed by atoms with van der Waals surface area (Å²) < 4.78 is 72.9. The Labute approximate surface area is 217 Å². The number of nitrogens with two attached hydrogens (primary N) is 1. The lowest BCUT2D eigenvalue weighted by Crippen LogP contribution is -2.47. The number of carboxylic acid groups (broad SMARTS) is 2. The number of halogens is 3. The Kier molecular flexibility index (Phi) is 11.2. The number of carbonyl (C=O) groups is 4. The van der Waals surface area contributed by atoms with Crippen LogP contribution in [0.2, 0.25) is 0 Å². The molecule has 1 heterocycles. The first kappa shape index (κ1) is 32.6. The predicted molar refractivity (Wildman–Crippen MR) is 124 cm³/mol. The van der Waals surface area contributed by atoms with Gasteiger partial charge in [0.25, 0.3) is 10.1 Å². The molecule has 1 amide bonds. The van der Waals surface area contributed by atoms with Crippen LogP contribution in [0.1, 0.15) is 28.8 Å². The highest BCUT2D eigenvalue weighted by Gasteiger charge is 2.38. The maximum absolute atomic E-state index is 12.2. The van der Waals surface area contributed by atoms with Crippen molar-refractivity contribution < 1.29 is 64.7 Å². The van der Waals surface area contributed by atoms with Gasteiger partial charge in [0.15, 0.2) is 0 Å². The number of amides is 1. The first-order valence-corrected chi connectivity index (χ1v) is 11.9. The molecule has 39 heavy (non-hydrogen) atoms. The van der Waals surface area contributed by atoms with Crippen molar-refractivity contribution >= 4 is 39.8 Å². The van der Waals surface area contributed by atoms with Crippen molar-refractivity contribution in [1.29, 1.82) is 5.41 Å². The summed E-state index contributed by atoms with van der Waals surface area (Å²) in [5.74, 6) is -7.83. The van der Waals surface area contributed by atoms with Crippen LogP contribution in [0.25, 0.3) is 0 Å². The molecule has 0 saturated carbocycles. The molecule has 14 nitrogen and oxygen atoms in total. The Morgan fingerprint density at radius 2 is 1.64 bits per heavy atom. The minimum atomic E-state index is -5.08. The highest BCUT2D eigenvalue weighted by Crippen LogP contribution is 2.18. The third-order valence-corrected chi connectivity index (χ3v) is 5.18. The van der Waals surface area contributed by atoms with Gasteiger partial charge in [-0.3, -0.25) is 14.8 Å². The predicted octanol–water partition coefficient (Wildman–Crippen LogP) is 1.05. The van der Waals surface area contributed by atoms with Crippen LogP contribution in [0.3, 0.4) is 0 Å². The van der Waals surface area contributed by atoms with Gasteiger partial charge >= 0.3 is 24.1 Å². The largest absolute Gasteiger partial charge is 0.490 e. The van der Waals surface area contributed by atoms with E-state index in [1.165, 1.54) is 43.3 Å². The van der Waals surface area contributed by atoms with Crippen molar-refractivity contribution in [3.05, 3.63) is 53.5 Å². The number of amidine groups is 1. The van der Waals surface area contributed by atoms with E-state index in [1.54, 1.807) is 0 Å². The molecule has 18 heteroatoms. The second-order valence-electron chi connectivity index (χ2n) is 7.65. The van der Waals surface area contributed by atoms with Gasteiger partial charge in [-0.1, -0.05) is 6.92 Å². The third-order valence-electron chi connectivity index (χ3n) is 4.43. The number of esters is 1. The molecule has 0 aliphatic rings. The first-order chi connectivity index (χ1) is 17.8. The van der Waals surface area contributed by atoms with E-state index in [1.807, 2.05) is 5.32 Å². The molecule has 2 atom stereocenters. The quantitative estimate of drug-likeness (QED) is 0.0757. The van der Waals surface area contributed by atoms with Crippen LogP contribution in [0, 0.1) is 11.3 Å². The van der Waals surface area contributed by atoms with Crippen LogP contribution in [-0.2, 0) is 30.9 Å². The number of carboxylic acids is 2. The Bertz CT molecular complexity index is 1320. The van der Waals surface area contributed by atoms with E-state index in [-0.39, 0.29) is 29.5 Å². The molecule has 0 aliphatic heterocycles. The lowest BCUT2D eigenvalue weighted by molar-refractivity contribution is -0.192. The summed E-state index contributed by atoms with van der Waals surface area (Å²) in [4.78, 5) is 44.4. The molecule has 7 N–H and O–H groups in total. The van der Waals surface area contributed by atoms with Crippen molar-refractivity contribution in [3.63, 3.8) is 0 Å². The Hall–Kier alpha value is -4.45. The highest BCUT2D eigenvalue weighted by molar-refractivity contribution is 7.85. The van der Waals surface area contributed by atoms with Crippen LogP contribution in [0.5, 0.6) is 5.75 Å². The molecule has 0 bridgehead atoms. The molecule has 0 radical (unpaired) electrons. The Morgan fingerprint density at radius 3 is 2.08 bits per heavy atom. The second kappa shape index (κ2) is 13.4. The second-order valence-corrected chi connectivity index (χ2v) is 9.15. The summed E-state index contributed by atoms with van der Waals surface area (Å²) in [7, 11) is -4.62. The van der Waals surface area contributed by atoms with E-state index in [2.05, 4.69) is 0 Å². The summed E-state index contributed by atoms with van der Waals surface area (Å²) >= 11 is 0. The minimum Gasteiger partial charge on any atom is -0.480 e. The number of nitrogen functional groups attached to an aromatic ring is 1. The highest BCUT2D eigenvalue weighted by atomic mass is 32.2. The van der Waals surface area contributed by atoms with Crippen LogP contribution in [0.15, 0.2) is 40.8 Å². The average molecular weight is 581 g/mol. The van der Waals surface area contributed by atoms with Crippen molar-refractivity contribution in [2.24, 2.45) is 11.7 Å². The van der Waals surface area contributed by atoms with Crippen LogP contribution in [0.4, 0.5) is 13.2 Å². The summed E-state index contributed by atoms with van der Waals surface area (Å²) in [6.45, 7) is 1.44. The summed E-state index contributed by atoms with van der Waals surface area (Å²) in [6.07, 6.45) is -5.11. The number of aliphatic carboxylic acids is 2. The fourth-order valence-corrected chi connectivity index (χ4v) is 3.20. The molecule has 0 saturated heterocycles. The smallest absolute Gasteiger partial charge is 0.480 e. The zero-order valence-corrected chi connectivity index (χ0v) is 20.6. The maximum atomic E-state index is 12.2. The summed E-state index contributed by atoms with van der Waals surface area (Å²) in [5.41, 5.74) is 5.81. The van der Waals surface area contributed by atoms with Crippen molar-refractivity contribution in [3.8, 4) is 5.75 Å². The lowest BCUT2D eigenvalue weighted by atomic mass is 10.1. The van der Waals surface area contributed by atoms with Crippen LogP contribution >= 0.6 is 0 Å². The van der Waals surface area contributed by atoms with Gasteiger partial charge in [0.2, 0.25) is 11.7 Å². The van der Waals surface area contributed by atoms with Crippen LogP contribution in [-0.4, -0.2) is 70.8 Å². The maximum Gasteiger partial charge on any atom is 0.490 e. The normalized spacial score (nSPS) is 12.7. The molecule has 0 aliphatic carbocycles. The van der Waals surface area contributed by atoms with Gasteiger partial charge in [-0.05, 0) is 36.4 Å². The number of nitrogens with one attached hydrogen (secondary N) is 2. The lowest BCUT2D eigenvalue weighted by Gasteiger charge is -2.16. The van der Waals surface area contributed by atoms with E-state index in [0.717, 1.165) is 0 Å². The SMILES string of the molecule is CC(Cc1ccc(C(=O)Oc2ccc(C(=N)N)cc2)o1)C(=O)N[C@@H](CS(=O)(=O)O)C(=O)O.O=C(O)C(F)(F)F. The van der Waals surface area contributed by atoms with Crippen molar-refractivity contribution in [2.75, 3.05) is 5.75 Å². The van der Waals surface area contributed by atoms with Crippen molar-refractivity contribution in [1.82, 2.24) is 5.32 Å². The fraction of sp³-hybridized carbons (Fsp3) is 0.286. The number of ether oxygens (including phenoxy) is 1. The molecule has 1 aromatic carbocycles. The molecular formula is C21H22F3N3O11S. The standard InChI is InChI=1S/C19H21N3O9S.C2HF3O2/c1-10(17(23)22-14(18(24)25)9-32(27,28)29)8-13-6-7-15(30-13)19(26)31-12-4-2-11(3-5-12)16(20)21;3-2(4,5)1(6)7/h2-7,10,14H,8-9H2,1H3,(H3,20,21)(H,22,23)(H,24,25)(H,27,28,29);(H,6,7)/t10?,14-;/m0./s1. The van der Waals surface area contributed by atoms with Gasteiger partial charge < -0.3 is 30.4 Å². The first-order valence-electron chi connectivity index (χ1n) is 10.3. The van der Waals surface area contributed by atoms with Gasteiger partial charge in [-0.15, -0.1) is 0 Å². The van der Waals surface area contributed by atoms with E-state index in [4.69, 9.17) is 39.9 Å². The molecular weight excluding hydrogens is 559 g/mol. The number of hydrogen-bond acceptors (Lipinski definition) is 9. The zero-order valence-electron chi connectivity index (χ0n) is 19.8. The summed E-state index contributed by atoms with van der Waals surface area (Å²) in [6, 6.07) is 6.87. The van der Waals surface area contributed by atoms with E-state index < -0.39 is 57.8 Å². The van der Waals surface area contributed by atoms with Gasteiger partial charge in [0.1, 0.15) is 29.1 Å². The van der Waals surface area contributed by atoms with Crippen molar-refractivity contribution in [2.45, 2.75) is 25.6 Å². The van der Waals surface area contributed by atoms with Crippen LogP contribution < -0.4 is 15.8 Å². The van der Waals surface area contributed by atoms with Gasteiger partial charge in [-0.2, -0.15) is 21.6 Å². The number of rotatable bonds is 10. The Morgan fingerprint density at radius 1 is 1.10 bits per heavy atom. The number of alkyl halides is 3. The third kappa shape index (κ3) is 11.6. The fourth-order valence-electron chi connectivity index (χ4n) is 2.55. The number of furan rings is 1. The topological polar surface area (TPSA) is 247 Å². The molecule has 2 rings (SSSR count).